The minimum absolute atomic E-state index is 0.0467. The molecule has 0 saturated heterocycles. The Morgan fingerprint density at radius 1 is 0.245 bits per heavy atom. The third-order valence-electron chi connectivity index (χ3n) is 21.7. The van der Waals surface area contributed by atoms with Gasteiger partial charge in [-0.15, -0.1) is 0 Å². The van der Waals surface area contributed by atoms with E-state index < -0.39 is 77.1 Å². The lowest BCUT2D eigenvalue weighted by molar-refractivity contribution is 0.218. The van der Waals surface area contributed by atoms with Crippen LogP contribution in [0.15, 0.2) is 218 Å². The van der Waals surface area contributed by atoms with Gasteiger partial charge in [-0.1, -0.05) is 72.8 Å². The normalized spacial score (nSPS) is 22.0. The molecule has 0 saturated carbocycles. The molecule has 3 aliphatic carbocycles. The van der Waals surface area contributed by atoms with Crippen molar-refractivity contribution in [3.05, 3.63) is 319 Å². The molecule has 18 heteroatoms. The molecule has 0 unspecified atom stereocenters. The van der Waals surface area contributed by atoms with Crippen molar-refractivity contribution in [2.24, 2.45) is 0 Å². The van der Waals surface area contributed by atoms with Crippen LogP contribution in [0.1, 0.15) is 172 Å². The molecule has 16 N–H and O–H groups in total. The molecule has 0 spiro atoms. The van der Waals surface area contributed by atoms with Crippen LogP contribution >= 0.6 is 0 Å². The maximum atomic E-state index is 15.3. The summed E-state index contributed by atoms with van der Waals surface area (Å²) in [5, 5.41) is 190. The van der Waals surface area contributed by atoms with Crippen molar-refractivity contribution in [1.82, 2.24) is 0 Å². The quantitative estimate of drug-likeness (QED) is 0.0572. The van der Waals surface area contributed by atoms with Gasteiger partial charge in [-0.25, -0.2) is 0 Å². The fourth-order valence-electron chi connectivity index (χ4n) is 18.1. The van der Waals surface area contributed by atoms with Gasteiger partial charge in [0.15, 0.2) is 0 Å². The smallest absolute Gasteiger partial charge is 0.135 e. The third kappa shape index (κ3) is 9.91. The third-order valence-corrected chi connectivity index (χ3v) is 21.7. The van der Waals surface area contributed by atoms with Crippen LogP contribution in [0.2, 0.25) is 0 Å². The molecule has 0 amide bonds. The van der Waals surface area contributed by atoms with Gasteiger partial charge in [-0.05, 0) is 182 Å². The first-order valence-electron chi connectivity index (χ1n) is 33.2. The summed E-state index contributed by atoms with van der Waals surface area (Å²) in [5.41, 5.74) is 7.02. The number of hydrogen-bond acceptors (Lipinski definition) is 18. The van der Waals surface area contributed by atoms with Crippen molar-refractivity contribution in [2.45, 2.75) is 71.4 Å². The van der Waals surface area contributed by atoms with E-state index in [4.69, 9.17) is 9.47 Å². The number of hydrogen-bond donors (Lipinski definition) is 16. The van der Waals surface area contributed by atoms with Crippen molar-refractivity contribution in [3.63, 3.8) is 0 Å². The Morgan fingerprint density at radius 3 is 1.13 bits per heavy atom. The number of phenolic OH excluding ortho intramolecular Hbond substituents is 16. The molecule has 2 aliphatic heterocycles. The van der Waals surface area contributed by atoms with Gasteiger partial charge in [-0.3, -0.25) is 0 Å². The standard InChI is InChI=1S/C84H64O18/c85-45-13-1-37(2-14-45)64-68(43-25-51(91)29-52(92)26-43)70-58(31-55(95)34-61(70)98)73(64)67(40-7-19-48(88)20-8-40)80-81(100)78-74(60-33-57(97)36-63-72(60)69(44-27-53(93)30-54(94)28-44)82(101-63)41-9-21-49(89)22-10-41)66(39-5-17-47(87)18-6-39)76-65(38-3-15-46(86)16-4-38)71-59(32-56(96)35-62(71)99)75-79(77(76)78)84(80)102-83(75)42-11-23-50(90)24-12-42/h1-36,64-69,73-76,82-83,85-100H/t64-,65+,66+,67+,68-,69+,73-,74+,75+,76-,82-,83-/m0/s1. The average molecular weight is 1360 g/mol. The second kappa shape index (κ2) is 23.3. The van der Waals surface area contributed by atoms with Gasteiger partial charge >= 0.3 is 0 Å². The summed E-state index contributed by atoms with van der Waals surface area (Å²) in [7, 11) is 0. The Labute approximate surface area is 581 Å². The largest absolute Gasteiger partial charge is 0.508 e. The SMILES string of the molecule is Oc1ccc([C@@H](c2c(O)c3c4c5c2O[C@@H](c2ccc(O)cc2)[C@@H]5c2cc(O)cc(O)c2[C@@H](c2ccc(O)cc2)[C@H]4[C@H](c2ccc(O)cc2)[C@H]3c2cc(O)cc3c2[C@@H](c2cc(O)cc(O)c2)[C@H](c2ccc(O)cc2)O3)[C@H]2c3cc(O)cc(O)c3[C@@H](c3cc(O)cc(O)c3)[C@@H]2c2ccc(O)cc2)cc1. The minimum atomic E-state index is -1.28. The Bertz CT molecular complexity index is 5330. The Kier molecular flexibility index (Phi) is 14.3. The zero-order valence-corrected chi connectivity index (χ0v) is 53.7. The van der Waals surface area contributed by atoms with E-state index in [0.29, 0.717) is 83.5 Å². The van der Waals surface area contributed by atoms with E-state index in [9.17, 15) is 76.6 Å². The number of benzene rings is 12. The Balaban J connectivity index is 1.07. The van der Waals surface area contributed by atoms with Crippen molar-refractivity contribution >= 4 is 0 Å². The molecule has 17 rings (SSSR count). The highest BCUT2D eigenvalue weighted by atomic mass is 16.5. The lowest BCUT2D eigenvalue weighted by Crippen LogP contribution is -2.21. The lowest BCUT2D eigenvalue weighted by atomic mass is 9.67. The van der Waals surface area contributed by atoms with Gasteiger partial charge in [0.05, 0.1) is 11.8 Å². The van der Waals surface area contributed by atoms with Crippen molar-refractivity contribution < 1.29 is 91.2 Å². The molecule has 508 valence electrons. The predicted octanol–water partition coefficient (Wildman–Crippen LogP) is 15.5. The second-order valence-corrected chi connectivity index (χ2v) is 27.4. The summed E-state index contributed by atoms with van der Waals surface area (Å²) in [6, 6.07) is 55.2. The molecular formula is C84H64O18. The minimum Gasteiger partial charge on any atom is -0.508 e. The van der Waals surface area contributed by atoms with Gasteiger partial charge in [0.1, 0.15) is 116 Å². The lowest BCUT2D eigenvalue weighted by Gasteiger charge is -2.35. The zero-order chi connectivity index (χ0) is 70.6. The van der Waals surface area contributed by atoms with Gasteiger partial charge in [-0.2, -0.15) is 0 Å². The highest BCUT2D eigenvalue weighted by molar-refractivity contribution is 5.78. The van der Waals surface area contributed by atoms with E-state index in [1.165, 1.54) is 127 Å². The van der Waals surface area contributed by atoms with Crippen molar-refractivity contribution in [1.29, 1.82) is 0 Å². The van der Waals surface area contributed by atoms with Crippen LogP contribution in [0, 0.1) is 0 Å². The molecule has 0 bridgehead atoms. The molecule has 0 aromatic heterocycles. The fourth-order valence-corrected chi connectivity index (χ4v) is 18.1. The highest BCUT2D eigenvalue weighted by Crippen LogP contribution is 2.75. The highest BCUT2D eigenvalue weighted by Gasteiger charge is 2.60. The van der Waals surface area contributed by atoms with Crippen LogP contribution < -0.4 is 9.47 Å². The predicted molar refractivity (Wildman–Crippen MR) is 373 cm³/mol. The summed E-state index contributed by atoms with van der Waals surface area (Å²) in [6.07, 6.45) is -2.17. The fraction of sp³-hybridized carbons (Fsp3) is 0.143. The van der Waals surface area contributed by atoms with Gasteiger partial charge in [0.2, 0.25) is 0 Å². The number of aromatic hydroxyl groups is 16. The molecule has 5 aliphatic rings. The van der Waals surface area contributed by atoms with E-state index in [1.807, 2.05) is 0 Å². The van der Waals surface area contributed by atoms with Crippen LogP contribution in [0.4, 0.5) is 0 Å². The monoisotopic (exact) mass is 1360 g/mol. The summed E-state index contributed by atoms with van der Waals surface area (Å²) >= 11 is 0. The van der Waals surface area contributed by atoms with E-state index in [0.717, 1.165) is 6.07 Å². The van der Waals surface area contributed by atoms with E-state index in [1.54, 1.807) is 84.9 Å². The summed E-state index contributed by atoms with van der Waals surface area (Å²) in [5.74, 6) is -14.3. The molecule has 12 aromatic rings. The summed E-state index contributed by atoms with van der Waals surface area (Å²) in [6.45, 7) is 0. The Hall–Kier alpha value is -13.0. The molecule has 2 heterocycles. The van der Waals surface area contributed by atoms with Crippen LogP contribution in [0.5, 0.6) is 103 Å². The first-order chi connectivity index (χ1) is 49.1. The van der Waals surface area contributed by atoms with E-state index >= 15 is 5.11 Å². The molecule has 0 radical (unpaired) electrons. The van der Waals surface area contributed by atoms with Crippen molar-refractivity contribution in [2.75, 3.05) is 0 Å². The van der Waals surface area contributed by atoms with E-state index in [-0.39, 0.29) is 114 Å². The number of rotatable bonds is 11. The molecule has 0 fully saturated rings. The summed E-state index contributed by atoms with van der Waals surface area (Å²) < 4.78 is 14.9. The maximum Gasteiger partial charge on any atom is 0.135 e. The second-order valence-electron chi connectivity index (χ2n) is 27.4. The average Bonchev–Trinajstić information content (AvgIpc) is 1.50. The number of phenols is 16. The number of ether oxygens (including phenoxy) is 2. The molecular weight excluding hydrogens is 1300 g/mol. The Morgan fingerprint density at radius 2 is 0.627 bits per heavy atom. The zero-order valence-electron chi connectivity index (χ0n) is 53.7. The van der Waals surface area contributed by atoms with Crippen LogP contribution in [-0.4, -0.2) is 81.7 Å². The molecule has 18 nitrogen and oxygen atoms in total. The molecule has 12 aromatic carbocycles. The van der Waals surface area contributed by atoms with Crippen LogP contribution in [0.3, 0.4) is 0 Å². The topological polar surface area (TPSA) is 342 Å². The number of fused-ring (bicyclic) bond motifs is 4. The van der Waals surface area contributed by atoms with Gasteiger partial charge in [0, 0.05) is 111 Å². The van der Waals surface area contributed by atoms with Gasteiger partial charge < -0.3 is 91.2 Å². The van der Waals surface area contributed by atoms with Crippen LogP contribution in [-0.2, 0) is 0 Å². The van der Waals surface area contributed by atoms with Crippen molar-refractivity contribution in [3.8, 4) is 103 Å². The summed E-state index contributed by atoms with van der Waals surface area (Å²) in [4.78, 5) is 0. The van der Waals surface area contributed by atoms with Gasteiger partial charge in [0.25, 0.3) is 0 Å². The van der Waals surface area contributed by atoms with E-state index in [2.05, 4.69) is 0 Å². The maximum absolute atomic E-state index is 15.3. The van der Waals surface area contributed by atoms with Crippen LogP contribution in [0.25, 0.3) is 0 Å². The first kappa shape index (κ1) is 62.6. The molecule has 102 heavy (non-hydrogen) atoms. The first-order valence-corrected chi connectivity index (χ1v) is 33.2. The molecule has 12 atom stereocenters.